The largest absolute Gasteiger partial charge is 0.373 e. The number of rotatable bonds is 3. The van der Waals surface area contributed by atoms with Crippen LogP contribution in [0.1, 0.15) is 33.1 Å². The lowest BCUT2D eigenvalue weighted by Gasteiger charge is -2.39. The minimum absolute atomic E-state index is 0.334. The Hall–Kier alpha value is -1.52. The highest BCUT2D eigenvalue weighted by atomic mass is 15.2. The number of nitrogens with one attached hydrogen (secondary N) is 1. The summed E-state index contributed by atoms with van der Waals surface area (Å²) in [6.07, 6.45) is 3.67. The third kappa shape index (κ3) is 2.66. The summed E-state index contributed by atoms with van der Waals surface area (Å²) in [5.74, 6) is 2.05. The lowest BCUT2D eigenvalue weighted by Crippen LogP contribution is -2.39. The molecule has 1 fully saturated rings. The van der Waals surface area contributed by atoms with E-state index in [9.17, 15) is 0 Å². The van der Waals surface area contributed by atoms with Gasteiger partial charge in [0.25, 0.3) is 0 Å². The maximum absolute atomic E-state index is 5.73. The van der Waals surface area contributed by atoms with Crippen molar-refractivity contribution in [3.05, 3.63) is 6.07 Å². The second-order valence-corrected chi connectivity index (χ2v) is 5.37. The van der Waals surface area contributed by atoms with Crippen molar-refractivity contribution in [3.63, 3.8) is 0 Å². The molecular weight excluding hydrogens is 226 g/mol. The fourth-order valence-corrected chi connectivity index (χ4v) is 2.37. The van der Waals surface area contributed by atoms with Crippen LogP contribution < -0.4 is 16.0 Å². The summed E-state index contributed by atoms with van der Waals surface area (Å²) in [6.45, 7) is 6.74. The van der Waals surface area contributed by atoms with Crippen molar-refractivity contribution in [1.82, 2.24) is 9.97 Å². The Morgan fingerprint density at radius 3 is 2.61 bits per heavy atom. The van der Waals surface area contributed by atoms with E-state index in [1.54, 1.807) is 0 Å². The molecular formula is C13H23N5. The molecule has 0 bridgehead atoms. The second kappa shape index (κ2) is 5.00. The molecule has 0 radical (unpaired) electrons. The molecule has 0 amide bonds. The Kier molecular flexibility index (Phi) is 3.59. The molecule has 18 heavy (non-hydrogen) atoms. The topological polar surface area (TPSA) is 67.1 Å². The van der Waals surface area contributed by atoms with Crippen LogP contribution >= 0.6 is 0 Å². The van der Waals surface area contributed by atoms with Gasteiger partial charge < -0.3 is 16.0 Å². The molecule has 0 aromatic carbocycles. The van der Waals surface area contributed by atoms with E-state index in [2.05, 4.69) is 34.0 Å². The number of anilines is 3. The van der Waals surface area contributed by atoms with E-state index in [0.29, 0.717) is 11.4 Å². The van der Waals surface area contributed by atoms with Crippen LogP contribution in [0.25, 0.3) is 0 Å². The molecule has 5 nitrogen and oxygen atoms in total. The van der Waals surface area contributed by atoms with Crippen molar-refractivity contribution in [1.29, 1.82) is 0 Å². The number of nitrogen functional groups attached to an aromatic ring is 1. The summed E-state index contributed by atoms with van der Waals surface area (Å²) in [7, 11) is 1.84. The SMILES string of the molecule is CCC1(C)CCN(c2cc(NC)nc(N)n2)CC1. The molecule has 1 aliphatic heterocycles. The molecule has 0 atom stereocenters. The summed E-state index contributed by atoms with van der Waals surface area (Å²) < 4.78 is 0. The van der Waals surface area contributed by atoms with Gasteiger partial charge in [-0.2, -0.15) is 9.97 Å². The number of nitrogens with two attached hydrogens (primary N) is 1. The predicted molar refractivity (Wildman–Crippen MR) is 75.8 cm³/mol. The van der Waals surface area contributed by atoms with Gasteiger partial charge in [-0.25, -0.2) is 0 Å². The molecule has 1 aliphatic rings. The first-order valence-electron chi connectivity index (χ1n) is 6.63. The highest BCUT2D eigenvalue weighted by Gasteiger charge is 2.28. The molecule has 0 saturated carbocycles. The van der Waals surface area contributed by atoms with Crippen molar-refractivity contribution in [2.75, 3.05) is 36.1 Å². The average Bonchev–Trinajstić information content (AvgIpc) is 2.39. The van der Waals surface area contributed by atoms with Gasteiger partial charge in [-0.1, -0.05) is 20.3 Å². The molecule has 0 aliphatic carbocycles. The molecule has 1 aromatic heterocycles. The number of aromatic nitrogens is 2. The zero-order valence-electron chi connectivity index (χ0n) is 11.5. The van der Waals surface area contributed by atoms with Crippen LogP contribution in [-0.4, -0.2) is 30.1 Å². The summed E-state index contributed by atoms with van der Waals surface area (Å²) >= 11 is 0. The highest BCUT2D eigenvalue weighted by Crippen LogP contribution is 2.35. The van der Waals surface area contributed by atoms with Gasteiger partial charge in [0.1, 0.15) is 11.6 Å². The molecule has 100 valence electrons. The van der Waals surface area contributed by atoms with Gasteiger partial charge in [-0.05, 0) is 18.3 Å². The van der Waals surface area contributed by atoms with E-state index in [-0.39, 0.29) is 0 Å². The quantitative estimate of drug-likeness (QED) is 0.859. The standard InChI is InChI=1S/C13H23N5/c1-4-13(2)5-7-18(8-6-13)11-9-10(15-3)16-12(14)17-11/h9H,4-8H2,1-3H3,(H3,14,15,16,17). The van der Waals surface area contributed by atoms with Crippen LogP contribution in [0.15, 0.2) is 6.07 Å². The number of nitrogens with zero attached hydrogens (tertiary/aromatic N) is 3. The smallest absolute Gasteiger partial charge is 0.223 e. The Bertz CT molecular complexity index is 410. The van der Waals surface area contributed by atoms with Crippen molar-refractivity contribution in [3.8, 4) is 0 Å². The highest BCUT2D eigenvalue weighted by molar-refractivity contribution is 5.52. The van der Waals surface area contributed by atoms with Crippen LogP contribution in [0.4, 0.5) is 17.6 Å². The Balaban J connectivity index is 2.12. The predicted octanol–water partition coefficient (Wildman–Crippen LogP) is 2.12. The summed E-state index contributed by atoms with van der Waals surface area (Å²) in [5.41, 5.74) is 6.22. The first kappa shape index (κ1) is 12.9. The molecule has 2 rings (SSSR count). The van der Waals surface area contributed by atoms with Gasteiger partial charge in [0.05, 0.1) is 0 Å². The monoisotopic (exact) mass is 249 g/mol. The fourth-order valence-electron chi connectivity index (χ4n) is 2.37. The Morgan fingerprint density at radius 2 is 2.06 bits per heavy atom. The van der Waals surface area contributed by atoms with Crippen LogP contribution in [0.5, 0.6) is 0 Å². The van der Waals surface area contributed by atoms with Gasteiger partial charge >= 0.3 is 0 Å². The van der Waals surface area contributed by atoms with Crippen molar-refractivity contribution in [2.45, 2.75) is 33.1 Å². The number of hydrogen-bond acceptors (Lipinski definition) is 5. The second-order valence-electron chi connectivity index (χ2n) is 5.37. The van der Waals surface area contributed by atoms with E-state index in [0.717, 1.165) is 24.7 Å². The van der Waals surface area contributed by atoms with Gasteiger partial charge in [0.15, 0.2) is 0 Å². The molecule has 2 heterocycles. The fraction of sp³-hybridized carbons (Fsp3) is 0.692. The van der Waals surface area contributed by atoms with Crippen LogP contribution in [-0.2, 0) is 0 Å². The van der Waals surface area contributed by atoms with Crippen LogP contribution in [0.2, 0.25) is 0 Å². The number of hydrogen-bond donors (Lipinski definition) is 2. The van der Waals surface area contributed by atoms with Gasteiger partial charge in [-0.15, -0.1) is 0 Å². The van der Waals surface area contributed by atoms with Crippen molar-refractivity contribution in [2.24, 2.45) is 5.41 Å². The first-order chi connectivity index (χ1) is 8.56. The van der Waals surface area contributed by atoms with Gasteiger partial charge in [0.2, 0.25) is 5.95 Å². The molecule has 1 aromatic rings. The van der Waals surface area contributed by atoms with E-state index in [1.807, 2.05) is 13.1 Å². The van der Waals surface area contributed by atoms with E-state index in [1.165, 1.54) is 19.3 Å². The Labute approximate surface area is 109 Å². The van der Waals surface area contributed by atoms with Crippen molar-refractivity contribution >= 4 is 17.6 Å². The molecule has 0 unspecified atom stereocenters. The minimum atomic E-state index is 0.334. The maximum atomic E-state index is 5.73. The normalized spacial score (nSPS) is 18.7. The van der Waals surface area contributed by atoms with Gasteiger partial charge in [0, 0.05) is 26.2 Å². The lowest BCUT2D eigenvalue weighted by atomic mass is 9.78. The molecule has 0 spiro atoms. The minimum Gasteiger partial charge on any atom is -0.373 e. The van der Waals surface area contributed by atoms with Crippen LogP contribution in [0.3, 0.4) is 0 Å². The number of piperidine rings is 1. The van der Waals surface area contributed by atoms with Crippen molar-refractivity contribution < 1.29 is 0 Å². The average molecular weight is 249 g/mol. The van der Waals surface area contributed by atoms with E-state index in [4.69, 9.17) is 5.73 Å². The zero-order chi connectivity index (χ0) is 13.2. The van der Waals surface area contributed by atoms with Crippen LogP contribution in [0, 0.1) is 5.41 Å². The third-order valence-corrected chi connectivity index (χ3v) is 4.13. The summed E-state index contributed by atoms with van der Waals surface area (Å²) in [5, 5.41) is 3.02. The van der Waals surface area contributed by atoms with Gasteiger partial charge in [-0.3, -0.25) is 0 Å². The first-order valence-corrected chi connectivity index (χ1v) is 6.63. The Morgan fingerprint density at radius 1 is 1.39 bits per heavy atom. The maximum Gasteiger partial charge on any atom is 0.223 e. The third-order valence-electron chi connectivity index (χ3n) is 4.13. The molecule has 1 saturated heterocycles. The summed E-state index contributed by atoms with van der Waals surface area (Å²) in [6, 6.07) is 1.96. The lowest BCUT2D eigenvalue weighted by molar-refractivity contribution is 0.238. The zero-order valence-corrected chi connectivity index (χ0v) is 11.5. The molecule has 5 heteroatoms. The van der Waals surface area contributed by atoms with E-state index >= 15 is 0 Å². The van der Waals surface area contributed by atoms with E-state index < -0.39 is 0 Å². The molecule has 3 N–H and O–H groups in total. The summed E-state index contributed by atoms with van der Waals surface area (Å²) in [4.78, 5) is 10.8.